The highest BCUT2D eigenvalue weighted by Gasteiger charge is 2.18. The minimum Gasteiger partial charge on any atom is -0.496 e. The Morgan fingerprint density at radius 3 is 2.14 bits per heavy atom. The first-order valence-corrected chi connectivity index (χ1v) is 7.81. The molecule has 0 aliphatic heterocycles. The lowest BCUT2D eigenvalue weighted by atomic mass is 10.1. The zero-order valence-electron chi connectivity index (χ0n) is 11.1. The molecule has 2 heterocycles. The molecule has 0 atom stereocenters. The lowest BCUT2D eigenvalue weighted by Gasteiger charge is -2.21. The third kappa shape index (κ3) is 3.26. The summed E-state index contributed by atoms with van der Waals surface area (Å²) in [5.74, 6) is 0.775. The monoisotopic (exact) mass is 320 g/mol. The van der Waals surface area contributed by atoms with Crippen LogP contribution in [-0.4, -0.2) is 27.5 Å². The largest absolute Gasteiger partial charge is 0.496 e. The first kappa shape index (κ1) is 13.7. The van der Waals surface area contributed by atoms with Crippen LogP contribution in [0.3, 0.4) is 0 Å². The van der Waals surface area contributed by atoms with Gasteiger partial charge in [-0.05, 0) is 6.07 Å². The Labute approximate surface area is 129 Å². The molecule has 108 valence electrons. The maximum Gasteiger partial charge on any atom is 0.207 e. The molecule has 0 saturated heterocycles. The van der Waals surface area contributed by atoms with Gasteiger partial charge >= 0.3 is 0 Å². The van der Waals surface area contributed by atoms with Crippen LogP contribution in [-0.2, 0) is 0 Å². The van der Waals surface area contributed by atoms with Crippen LogP contribution in [0.15, 0.2) is 35.3 Å². The van der Waals surface area contributed by atoms with Crippen LogP contribution in [0.25, 0.3) is 0 Å². The summed E-state index contributed by atoms with van der Waals surface area (Å²) in [5, 5.41) is 23.7. The van der Waals surface area contributed by atoms with Crippen LogP contribution >= 0.6 is 22.7 Å². The maximum atomic E-state index is 5.42. The summed E-state index contributed by atoms with van der Waals surface area (Å²) in [5.41, 5.74) is 4.30. The van der Waals surface area contributed by atoms with Crippen LogP contribution < -0.4 is 15.4 Å². The molecule has 7 nitrogen and oxygen atoms in total. The zero-order valence-corrected chi connectivity index (χ0v) is 12.7. The summed E-state index contributed by atoms with van der Waals surface area (Å²) in [7, 11) is 1.64. The molecule has 0 fully saturated rings. The number of benzene rings is 1. The van der Waals surface area contributed by atoms with Gasteiger partial charge in [-0.3, -0.25) is 0 Å². The van der Waals surface area contributed by atoms with Gasteiger partial charge in [0.15, 0.2) is 0 Å². The number of methoxy groups -OCH3 is 1. The first-order valence-electron chi connectivity index (χ1n) is 6.05. The molecule has 0 aliphatic carbocycles. The minimum absolute atomic E-state index is 0.248. The SMILES string of the molecule is COc1ccccc1C(Nc1nncs1)Nc1nncs1. The molecule has 0 unspecified atom stereocenters. The Balaban J connectivity index is 1.90. The van der Waals surface area contributed by atoms with Gasteiger partial charge in [-0.15, -0.1) is 20.4 Å². The molecular weight excluding hydrogens is 308 g/mol. The van der Waals surface area contributed by atoms with E-state index in [2.05, 4.69) is 31.0 Å². The summed E-state index contributed by atoms with van der Waals surface area (Å²) in [6.45, 7) is 0. The highest BCUT2D eigenvalue weighted by atomic mass is 32.1. The van der Waals surface area contributed by atoms with Crippen molar-refractivity contribution in [2.75, 3.05) is 17.7 Å². The van der Waals surface area contributed by atoms with E-state index < -0.39 is 0 Å². The van der Waals surface area contributed by atoms with Gasteiger partial charge in [0.2, 0.25) is 10.3 Å². The van der Waals surface area contributed by atoms with Crippen molar-refractivity contribution < 1.29 is 4.74 Å². The van der Waals surface area contributed by atoms with E-state index in [1.807, 2.05) is 24.3 Å². The van der Waals surface area contributed by atoms with Crippen molar-refractivity contribution >= 4 is 32.9 Å². The van der Waals surface area contributed by atoms with Crippen LogP contribution in [0.2, 0.25) is 0 Å². The van der Waals surface area contributed by atoms with E-state index in [1.54, 1.807) is 18.1 Å². The highest BCUT2D eigenvalue weighted by Crippen LogP contribution is 2.29. The Kier molecular flexibility index (Phi) is 4.22. The molecule has 0 amide bonds. The fourth-order valence-electron chi connectivity index (χ4n) is 1.82. The van der Waals surface area contributed by atoms with Gasteiger partial charge < -0.3 is 15.4 Å². The summed E-state index contributed by atoms with van der Waals surface area (Å²) >= 11 is 2.85. The van der Waals surface area contributed by atoms with E-state index in [4.69, 9.17) is 4.74 Å². The van der Waals surface area contributed by atoms with Crippen LogP contribution in [0, 0.1) is 0 Å². The lowest BCUT2D eigenvalue weighted by Crippen LogP contribution is -2.20. The predicted molar refractivity (Wildman–Crippen MR) is 82.8 cm³/mol. The molecule has 0 aliphatic rings. The van der Waals surface area contributed by atoms with E-state index in [0.29, 0.717) is 10.3 Å². The van der Waals surface area contributed by atoms with Gasteiger partial charge in [0.25, 0.3) is 0 Å². The molecule has 3 rings (SSSR count). The van der Waals surface area contributed by atoms with Crippen molar-refractivity contribution in [3.8, 4) is 5.75 Å². The van der Waals surface area contributed by atoms with Crippen molar-refractivity contribution in [3.63, 3.8) is 0 Å². The molecule has 2 aromatic heterocycles. The van der Waals surface area contributed by atoms with E-state index >= 15 is 0 Å². The number of aromatic nitrogens is 4. The second-order valence-corrected chi connectivity index (χ2v) is 5.62. The van der Waals surface area contributed by atoms with Gasteiger partial charge in [0.05, 0.1) is 7.11 Å². The molecule has 2 N–H and O–H groups in total. The summed E-state index contributed by atoms with van der Waals surface area (Å²) in [4.78, 5) is 0. The van der Waals surface area contributed by atoms with Crippen LogP contribution in [0.4, 0.5) is 10.3 Å². The standard InChI is InChI=1S/C12H12N6OS2/c1-19-9-5-3-2-4-8(9)10(15-11-17-13-6-20-11)16-12-18-14-7-21-12/h2-7,10H,1H3,(H,15,17)(H,16,18). The van der Waals surface area contributed by atoms with E-state index in [1.165, 1.54) is 22.7 Å². The minimum atomic E-state index is -0.248. The normalized spacial score (nSPS) is 10.6. The van der Waals surface area contributed by atoms with Gasteiger partial charge in [0.1, 0.15) is 22.9 Å². The molecule has 1 aromatic carbocycles. The second-order valence-electron chi connectivity index (χ2n) is 3.95. The van der Waals surface area contributed by atoms with Gasteiger partial charge in [-0.1, -0.05) is 40.9 Å². The summed E-state index contributed by atoms with van der Waals surface area (Å²) in [6, 6.07) is 7.77. The fourth-order valence-corrected chi connectivity index (χ4v) is 2.76. The Hall–Kier alpha value is -2.26. The Morgan fingerprint density at radius 1 is 1.00 bits per heavy atom. The van der Waals surface area contributed by atoms with E-state index in [9.17, 15) is 0 Å². The van der Waals surface area contributed by atoms with Crippen molar-refractivity contribution in [1.82, 2.24) is 20.4 Å². The Bertz CT molecular complexity index is 637. The summed E-state index contributed by atoms with van der Waals surface area (Å²) < 4.78 is 5.42. The van der Waals surface area contributed by atoms with Crippen LogP contribution in [0.1, 0.15) is 11.7 Å². The number of para-hydroxylation sites is 1. The molecular formula is C12H12N6OS2. The number of nitrogens with one attached hydrogen (secondary N) is 2. The lowest BCUT2D eigenvalue weighted by molar-refractivity contribution is 0.408. The van der Waals surface area contributed by atoms with Gasteiger partial charge in [-0.2, -0.15) is 0 Å². The number of anilines is 2. The van der Waals surface area contributed by atoms with Crippen LogP contribution in [0.5, 0.6) is 5.75 Å². The van der Waals surface area contributed by atoms with Crippen molar-refractivity contribution in [2.24, 2.45) is 0 Å². The molecule has 3 aromatic rings. The summed E-state index contributed by atoms with van der Waals surface area (Å²) in [6.07, 6.45) is -0.248. The fraction of sp³-hybridized carbons (Fsp3) is 0.167. The van der Waals surface area contributed by atoms with Gasteiger partial charge in [-0.25, -0.2) is 0 Å². The number of nitrogens with zero attached hydrogens (tertiary/aromatic N) is 4. The predicted octanol–water partition coefficient (Wildman–Crippen LogP) is 2.62. The average molecular weight is 320 g/mol. The van der Waals surface area contributed by atoms with Gasteiger partial charge in [0, 0.05) is 5.56 Å². The van der Waals surface area contributed by atoms with E-state index in [0.717, 1.165) is 11.3 Å². The molecule has 0 spiro atoms. The van der Waals surface area contributed by atoms with Crippen molar-refractivity contribution in [2.45, 2.75) is 6.17 Å². The molecule has 0 bridgehead atoms. The Morgan fingerprint density at radius 2 is 1.62 bits per heavy atom. The number of hydrogen-bond acceptors (Lipinski definition) is 9. The molecule has 0 saturated carbocycles. The molecule has 0 radical (unpaired) electrons. The van der Waals surface area contributed by atoms with Crippen molar-refractivity contribution in [3.05, 3.63) is 40.8 Å². The quantitative estimate of drug-likeness (QED) is 0.675. The number of rotatable bonds is 6. The van der Waals surface area contributed by atoms with Crippen molar-refractivity contribution in [1.29, 1.82) is 0 Å². The average Bonchev–Trinajstić information content (AvgIpc) is 3.20. The number of hydrogen-bond donors (Lipinski definition) is 2. The van der Waals surface area contributed by atoms with E-state index in [-0.39, 0.29) is 6.17 Å². The maximum absolute atomic E-state index is 5.42. The third-order valence-electron chi connectivity index (χ3n) is 2.71. The third-order valence-corrected chi connectivity index (χ3v) is 3.95. The molecule has 9 heteroatoms. The highest BCUT2D eigenvalue weighted by molar-refractivity contribution is 7.13. The number of ether oxygens (including phenoxy) is 1. The molecule has 21 heavy (non-hydrogen) atoms. The first-order chi connectivity index (χ1) is 10.4. The topological polar surface area (TPSA) is 84.9 Å². The smallest absolute Gasteiger partial charge is 0.207 e. The second kappa shape index (κ2) is 6.46. The zero-order chi connectivity index (χ0) is 14.5.